The number of carbonyl (C=O) groups excluding carboxylic acids is 1. The number of aromatic amines is 1. The van der Waals surface area contributed by atoms with Crippen molar-refractivity contribution in [2.75, 3.05) is 14.1 Å². The number of amides is 1. The molecule has 0 radical (unpaired) electrons. The summed E-state index contributed by atoms with van der Waals surface area (Å²) in [5.74, 6) is 0.673. The van der Waals surface area contributed by atoms with E-state index in [2.05, 4.69) is 31.2 Å². The van der Waals surface area contributed by atoms with Crippen LogP contribution in [0.3, 0.4) is 0 Å². The van der Waals surface area contributed by atoms with Crippen LogP contribution in [-0.2, 0) is 4.79 Å². The van der Waals surface area contributed by atoms with Crippen LogP contribution in [-0.4, -0.2) is 34.9 Å². The number of hydrogen-bond donors (Lipinski definition) is 2. The lowest BCUT2D eigenvalue weighted by atomic mass is 10.0. The number of aromatic nitrogens is 2. The Balaban J connectivity index is 1.73. The van der Waals surface area contributed by atoms with Crippen molar-refractivity contribution in [1.82, 2.24) is 20.2 Å². The number of nitrogens with one attached hydrogen (secondary N) is 2. The lowest BCUT2D eigenvalue weighted by molar-refractivity contribution is -0.126. The molecule has 140 valence electrons. The Labute approximate surface area is 168 Å². The van der Waals surface area contributed by atoms with Gasteiger partial charge in [0.2, 0.25) is 5.91 Å². The lowest BCUT2D eigenvalue weighted by Gasteiger charge is -2.25. The van der Waals surface area contributed by atoms with Gasteiger partial charge >= 0.3 is 0 Å². The fraction of sp³-hybridized carbons (Fsp3) is 0.238. The van der Waals surface area contributed by atoms with Crippen molar-refractivity contribution in [2.45, 2.75) is 19.0 Å². The van der Waals surface area contributed by atoms with Crippen molar-refractivity contribution >= 4 is 21.8 Å². The molecule has 2 atom stereocenters. The molecule has 1 amide bonds. The third-order valence-electron chi connectivity index (χ3n) is 4.40. The normalized spacial score (nSPS) is 13.4. The molecule has 0 bridgehead atoms. The number of halogens is 1. The van der Waals surface area contributed by atoms with Gasteiger partial charge in [0.05, 0.1) is 17.9 Å². The molecule has 0 fully saturated rings. The molecule has 0 aliphatic carbocycles. The monoisotopic (exact) mass is 426 g/mol. The molecular formula is C21H23BrN4O. The molecule has 27 heavy (non-hydrogen) atoms. The Morgan fingerprint density at radius 1 is 1.11 bits per heavy atom. The van der Waals surface area contributed by atoms with Crippen molar-refractivity contribution in [3.05, 3.63) is 76.7 Å². The van der Waals surface area contributed by atoms with Crippen LogP contribution in [0.2, 0.25) is 0 Å². The molecule has 6 heteroatoms. The lowest BCUT2D eigenvalue weighted by Crippen LogP contribution is -2.38. The maximum absolute atomic E-state index is 12.9. The summed E-state index contributed by atoms with van der Waals surface area (Å²) in [6.07, 6.45) is 1.79. The van der Waals surface area contributed by atoms with Crippen LogP contribution in [0.4, 0.5) is 0 Å². The third-order valence-corrected chi connectivity index (χ3v) is 4.93. The van der Waals surface area contributed by atoms with Crippen molar-refractivity contribution < 1.29 is 4.79 Å². The minimum atomic E-state index is -0.352. The molecule has 0 aliphatic rings. The number of imidazole rings is 1. The van der Waals surface area contributed by atoms with E-state index in [9.17, 15) is 4.79 Å². The second kappa shape index (κ2) is 8.50. The Kier molecular flexibility index (Phi) is 6.08. The molecule has 0 unspecified atom stereocenters. The molecule has 0 saturated heterocycles. The van der Waals surface area contributed by atoms with Crippen molar-refractivity contribution in [3.63, 3.8) is 0 Å². The van der Waals surface area contributed by atoms with Gasteiger partial charge in [-0.05, 0) is 44.3 Å². The molecule has 0 spiro atoms. The number of benzene rings is 2. The molecule has 3 rings (SSSR count). The standard InChI is InChI=1S/C21H23BrN4O/c1-14(20-23-13-18(25-20)15-9-11-17(22)12-10-15)24-21(27)19(26(2)3)16-7-5-4-6-8-16/h4-14,19H,1-3H3,(H,23,25)(H,24,27)/t14-,19+/m0/s1. The predicted molar refractivity (Wildman–Crippen MR) is 111 cm³/mol. The summed E-state index contributed by atoms with van der Waals surface area (Å²) in [5, 5.41) is 3.07. The van der Waals surface area contributed by atoms with Crippen LogP contribution in [0, 0.1) is 0 Å². The van der Waals surface area contributed by atoms with Gasteiger partial charge in [-0.1, -0.05) is 58.4 Å². The minimum Gasteiger partial charge on any atom is -0.345 e. The van der Waals surface area contributed by atoms with Gasteiger partial charge < -0.3 is 10.3 Å². The van der Waals surface area contributed by atoms with Crippen LogP contribution in [0.25, 0.3) is 11.3 Å². The highest BCUT2D eigenvalue weighted by molar-refractivity contribution is 9.10. The Morgan fingerprint density at radius 3 is 2.41 bits per heavy atom. The van der Waals surface area contributed by atoms with Gasteiger partial charge in [-0.3, -0.25) is 9.69 Å². The van der Waals surface area contributed by atoms with Gasteiger partial charge in [-0.2, -0.15) is 0 Å². The number of carbonyl (C=O) groups is 1. The fourth-order valence-corrected chi connectivity index (χ4v) is 3.28. The van der Waals surface area contributed by atoms with Crippen LogP contribution >= 0.6 is 15.9 Å². The largest absolute Gasteiger partial charge is 0.345 e. The molecule has 1 heterocycles. The second-order valence-corrected chi connectivity index (χ2v) is 7.61. The first kappa shape index (κ1) is 19.3. The van der Waals surface area contributed by atoms with E-state index in [1.165, 1.54) is 0 Å². The van der Waals surface area contributed by atoms with Crippen LogP contribution < -0.4 is 5.32 Å². The smallest absolute Gasteiger partial charge is 0.242 e. The summed E-state index contributed by atoms with van der Waals surface area (Å²) in [4.78, 5) is 22.5. The van der Waals surface area contributed by atoms with E-state index in [-0.39, 0.29) is 18.0 Å². The number of rotatable bonds is 6. The molecule has 5 nitrogen and oxygen atoms in total. The van der Waals surface area contributed by atoms with E-state index in [1.807, 2.05) is 80.5 Å². The summed E-state index contributed by atoms with van der Waals surface area (Å²) in [7, 11) is 3.81. The quantitative estimate of drug-likeness (QED) is 0.616. The molecule has 2 N–H and O–H groups in total. The van der Waals surface area contributed by atoms with E-state index >= 15 is 0 Å². The van der Waals surface area contributed by atoms with E-state index in [1.54, 1.807) is 6.20 Å². The zero-order valence-electron chi connectivity index (χ0n) is 15.6. The van der Waals surface area contributed by atoms with Crippen molar-refractivity contribution in [1.29, 1.82) is 0 Å². The predicted octanol–water partition coefficient (Wildman–Crippen LogP) is 4.32. The zero-order valence-corrected chi connectivity index (χ0v) is 17.2. The molecular weight excluding hydrogens is 404 g/mol. The van der Waals surface area contributed by atoms with Crippen LogP contribution in [0.5, 0.6) is 0 Å². The topological polar surface area (TPSA) is 61.0 Å². The second-order valence-electron chi connectivity index (χ2n) is 6.70. The number of nitrogens with zero attached hydrogens (tertiary/aromatic N) is 2. The van der Waals surface area contributed by atoms with Gasteiger partial charge in [0.15, 0.2) is 0 Å². The van der Waals surface area contributed by atoms with Crippen LogP contribution in [0.1, 0.15) is 30.4 Å². The first-order valence-corrected chi connectivity index (χ1v) is 9.57. The van der Waals surface area contributed by atoms with Gasteiger partial charge in [0.25, 0.3) is 0 Å². The molecule has 0 aliphatic heterocycles. The summed E-state index contributed by atoms with van der Waals surface area (Å²) in [5.41, 5.74) is 2.93. The molecule has 2 aromatic carbocycles. The van der Waals surface area contributed by atoms with Gasteiger partial charge in [-0.15, -0.1) is 0 Å². The maximum Gasteiger partial charge on any atom is 0.242 e. The fourth-order valence-electron chi connectivity index (χ4n) is 3.01. The molecule has 3 aromatic rings. The van der Waals surface area contributed by atoms with E-state index in [4.69, 9.17) is 0 Å². The average Bonchev–Trinajstić information content (AvgIpc) is 3.13. The highest BCUT2D eigenvalue weighted by Gasteiger charge is 2.25. The third kappa shape index (κ3) is 4.64. The van der Waals surface area contributed by atoms with Gasteiger partial charge in [-0.25, -0.2) is 4.98 Å². The minimum absolute atomic E-state index is 0.0553. The van der Waals surface area contributed by atoms with Crippen LogP contribution in [0.15, 0.2) is 65.3 Å². The first-order valence-electron chi connectivity index (χ1n) is 8.78. The highest BCUT2D eigenvalue weighted by atomic mass is 79.9. The summed E-state index contributed by atoms with van der Waals surface area (Å²) in [6, 6.07) is 17.2. The first-order chi connectivity index (χ1) is 13.0. The SMILES string of the molecule is C[C@H](NC(=O)[C@@H](c1ccccc1)N(C)C)c1ncc(-c2ccc(Br)cc2)[nH]1. The Morgan fingerprint density at radius 2 is 1.78 bits per heavy atom. The van der Waals surface area contributed by atoms with E-state index < -0.39 is 0 Å². The average molecular weight is 427 g/mol. The van der Waals surface area contributed by atoms with Gasteiger partial charge in [0.1, 0.15) is 11.9 Å². The summed E-state index contributed by atoms with van der Waals surface area (Å²) in [6.45, 7) is 1.93. The number of hydrogen-bond acceptors (Lipinski definition) is 3. The van der Waals surface area contributed by atoms with E-state index in [0.29, 0.717) is 0 Å². The molecule has 0 saturated carbocycles. The van der Waals surface area contributed by atoms with E-state index in [0.717, 1.165) is 27.1 Å². The Bertz CT molecular complexity index is 890. The summed E-state index contributed by atoms with van der Waals surface area (Å²) >= 11 is 3.44. The molecule has 1 aromatic heterocycles. The van der Waals surface area contributed by atoms with Gasteiger partial charge in [0, 0.05) is 4.47 Å². The van der Waals surface area contributed by atoms with Crippen molar-refractivity contribution in [2.24, 2.45) is 0 Å². The Hall–Kier alpha value is -2.44. The maximum atomic E-state index is 12.9. The zero-order chi connectivity index (χ0) is 19.4. The number of likely N-dealkylation sites (N-methyl/N-ethyl adjacent to an activating group) is 1. The summed E-state index contributed by atoms with van der Waals surface area (Å²) < 4.78 is 1.03. The van der Waals surface area contributed by atoms with Crippen molar-refractivity contribution in [3.8, 4) is 11.3 Å². The number of H-pyrrole nitrogens is 1. The highest BCUT2D eigenvalue weighted by Crippen LogP contribution is 2.23.